The minimum atomic E-state index is 0.795. The predicted octanol–water partition coefficient (Wildman–Crippen LogP) is 3.46. The van der Waals surface area contributed by atoms with Gasteiger partial charge < -0.3 is 10.1 Å². The Morgan fingerprint density at radius 2 is 1.88 bits per heavy atom. The van der Waals surface area contributed by atoms with Gasteiger partial charge in [-0.05, 0) is 51.4 Å². The van der Waals surface area contributed by atoms with Gasteiger partial charge in [-0.2, -0.15) is 0 Å². The van der Waals surface area contributed by atoms with E-state index in [9.17, 15) is 0 Å². The average Bonchev–Trinajstić information content (AvgIpc) is 2.30. The van der Waals surface area contributed by atoms with E-state index in [1.165, 1.54) is 24.0 Å². The molecule has 0 bridgehead atoms. The summed E-state index contributed by atoms with van der Waals surface area (Å²) >= 11 is 0. The van der Waals surface area contributed by atoms with Gasteiger partial charge in [0.15, 0.2) is 0 Å². The van der Waals surface area contributed by atoms with Crippen LogP contribution in [0.15, 0.2) is 18.2 Å². The van der Waals surface area contributed by atoms with Gasteiger partial charge >= 0.3 is 0 Å². The average molecular weight is 235 g/mol. The van der Waals surface area contributed by atoms with E-state index in [0.29, 0.717) is 0 Å². The van der Waals surface area contributed by atoms with Crippen molar-refractivity contribution in [1.82, 2.24) is 5.32 Å². The summed E-state index contributed by atoms with van der Waals surface area (Å²) in [5, 5.41) is 3.42. The van der Waals surface area contributed by atoms with E-state index in [2.05, 4.69) is 44.3 Å². The van der Waals surface area contributed by atoms with Crippen LogP contribution in [-0.4, -0.2) is 19.7 Å². The van der Waals surface area contributed by atoms with Gasteiger partial charge in [-0.1, -0.05) is 31.0 Å². The highest BCUT2D eigenvalue weighted by Gasteiger charge is 1.98. The van der Waals surface area contributed by atoms with Crippen LogP contribution >= 0.6 is 0 Å². The van der Waals surface area contributed by atoms with Gasteiger partial charge in [0, 0.05) is 0 Å². The summed E-state index contributed by atoms with van der Waals surface area (Å²) in [4.78, 5) is 0. The Balaban J connectivity index is 2.14. The molecule has 0 unspecified atom stereocenters. The van der Waals surface area contributed by atoms with Gasteiger partial charge in [0.2, 0.25) is 0 Å². The van der Waals surface area contributed by atoms with Crippen molar-refractivity contribution in [2.24, 2.45) is 0 Å². The number of rotatable bonds is 8. The Morgan fingerprint density at radius 1 is 1.12 bits per heavy atom. The molecular formula is C15H25NO. The quantitative estimate of drug-likeness (QED) is 0.697. The fourth-order valence-electron chi connectivity index (χ4n) is 1.77. The number of hydrogen-bond donors (Lipinski definition) is 1. The van der Waals surface area contributed by atoms with Gasteiger partial charge in [-0.3, -0.25) is 0 Å². The normalized spacial score (nSPS) is 10.5. The topological polar surface area (TPSA) is 21.3 Å². The fourth-order valence-corrected chi connectivity index (χ4v) is 1.77. The van der Waals surface area contributed by atoms with E-state index in [4.69, 9.17) is 4.74 Å². The lowest BCUT2D eigenvalue weighted by atomic mass is 10.1. The highest BCUT2D eigenvalue weighted by atomic mass is 16.5. The molecule has 1 N–H and O–H groups in total. The Morgan fingerprint density at radius 3 is 2.59 bits per heavy atom. The van der Waals surface area contributed by atoms with Crippen molar-refractivity contribution in [1.29, 1.82) is 0 Å². The number of hydrogen-bond acceptors (Lipinski definition) is 2. The first kappa shape index (κ1) is 14.0. The molecule has 96 valence electrons. The minimum Gasteiger partial charge on any atom is -0.493 e. The molecule has 17 heavy (non-hydrogen) atoms. The van der Waals surface area contributed by atoms with Gasteiger partial charge in [0.05, 0.1) is 6.61 Å². The van der Waals surface area contributed by atoms with Crippen molar-refractivity contribution in [2.75, 3.05) is 19.7 Å². The monoisotopic (exact) mass is 235 g/mol. The third-order valence-electron chi connectivity index (χ3n) is 2.79. The largest absolute Gasteiger partial charge is 0.493 e. The molecule has 2 heteroatoms. The summed E-state index contributed by atoms with van der Waals surface area (Å²) in [7, 11) is 0. The van der Waals surface area contributed by atoms with E-state index >= 15 is 0 Å². The van der Waals surface area contributed by atoms with Crippen LogP contribution in [0.25, 0.3) is 0 Å². The van der Waals surface area contributed by atoms with E-state index in [0.717, 1.165) is 31.9 Å². The second-order valence-electron chi connectivity index (χ2n) is 4.57. The maximum atomic E-state index is 5.76. The van der Waals surface area contributed by atoms with E-state index in [-0.39, 0.29) is 0 Å². The standard InChI is InChI=1S/C15H25NO/c1-4-5-9-16-10-6-11-17-15-8-7-13(2)12-14(15)3/h7-8,12,16H,4-6,9-11H2,1-3H3. The first-order valence-corrected chi connectivity index (χ1v) is 6.65. The molecule has 0 radical (unpaired) electrons. The van der Waals surface area contributed by atoms with Crippen molar-refractivity contribution >= 4 is 0 Å². The maximum absolute atomic E-state index is 5.76. The molecule has 1 aromatic rings. The van der Waals surface area contributed by atoms with Crippen LogP contribution in [0.4, 0.5) is 0 Å². The first-order valence-electron chi connectivity index (χ1n) is 6.65. The molecule has 0 amide bonds. The second-order valence-corrected chi connectivity index (χ2v) is 4.57. The molecule has 0 atom stereocenters. The highest BCUT2D eigenvalue weighted by Crippen LogP contribution is 2.18. The zero-order chi connectivity index (χ0) is 12.5. The third-order valence-corrected chi connectivity index (χ3v) is 2.79. The molecule has 0 fully saturated rings. The highest BCUT2D eigenvalue weighted by molar-refractivity contribution is 5.35. The summed E-state index contributed by atoms with van der Waals surface area (Å²) in [6.45, 7) is 9.38. The summed E-state index contributed by atoms with van der Waals surface area (Å²) in [5.41, 5.74) is 2.51. The predicted molar refractivity (Wildman–Crippen MR) is 73.8 cm³/mol. The van der Waals surface area contributed by atoms with Crippen molar-refractivity contribution in [3.05, 3.63) is 29.3 Å². The molecule has 2 nitrogen and oxygen atoms in total. The Labute approximate surface area is 105 Å². The molecule has 0 aromatic heterocycles. The van der Waals surface area contributed by atoms with Crippen molar-refractivity contribution in [3.8, 4) is 5.75 Å². The van der Waals surface area contributed by atoms with Crippen LogP contribution in [0.5, 0.6) is 5.75 Å². The molecule has 1 aromatic carbocycles. The van der Waals surface area contributed by atoms with Gasteiger partial charge in [-0.25, -0.2) is 0 Å². The molecule has 0 aliphatic heterocycles. The van der Waals surface area contributed by atoms with Gasteiger partial charge in [-0.15, -0.1) is 0 Å². The van der Waals surface area contributed by atoms with Crippen LogP contribution in [0.2, 0.25) is 0 Å². The molecule has 1 rings (SSSR count). The molecule has 0 heterocycles. The number of ether oxygens (including phenoxy) is 1. The Bertz CT molecular complexity index is 323. The summed E-state index contributed by atoms with van der Waals surface area (Å²) in [5.74, 6) is 1.02. The lowest BCUT2D eigenvalue weighted by Gasteiger charge is -2.10. The molecular weight excluding hydrogens is 210 g/mol. The SMILES string of the molecule is CCCCNCCCOc1ccc(C)cc1C. The van der Waals surface area contributed by atoms with Crippen molar-refractivity contribution in [3.63, 3.8) is 0 Å². The number of unbranched alkanes of at least 4 members (excludes halogenated alkanes) is 1. The summed E-state index contributed by atoms with van der Waals surface area (Å²) < 4.78 is 5.76. The Hall–Kier alpha value is -1.02. The third kappa shape index (κ3) is 5.73. The lowest BCUT2D eigenvalue weighted by Crippen LogP contribution is -2.18. The number of aryl methyl sites for hydroxylation is 2. The smallest absolute Gasteiger partial charge is 0.122 e. The Kier molecular flexibility index (Phi) is 6.71. The molecule has 0 aliphatic carbocycles. The zero-order valence-corrected chi connectivity index (χ0v) is 11.4. The molecule has 0 saturated heterocycles. The minimum absolute atomic E-state index is 0.795. The van der Waals surface area contributed by atoms with Gasteiger partial charge in [0.1, 0.15) is 5.75 Å². The van der Waals surface area contributed by atoms with Crippen LogP contribution < -0.4 is 10.1 Å². The number of benzene rings is 1. The number of nitrogens with one attached hydrogen (secondary N) is 1. The molecule has 0 spiro atoms. The summed E-state index contributed by atoms with van der Waals surface area (Å²) in [6.07, 6.45) is 3.58. The van der Waals surface area contributed by atoms with E-state index in [1.54, 1.807) is 0 Å². The second kappa shape index (κ2) is 8.13. The van der Waals surface area contributed by atoms with E-state index < -0.39 is 0 Å². The summed E-state index contributed by atoms with van der Waals surface area (Å²) in [6, 6.07) is 6.33. The molecule has 0 saturated carbocycles. The first-order chi connectivity index (χ1) is 8.24. The fraction of sp³-hybridized carbons (Fsp3) is 0.600. The lowest BCUT2D eigenvalue weighted by molar-refractivity contribution is 0.306. The van der Waals surface area contributed by atoms with E-state index in [1.807, 2.05) is 0 Å². The van der Waals surface area contributed by atoms with Crippen LogP contribution in [0, 0.1) is 13.8 Å². The van der Waals surface area contributed by atoms with Gasteiger partial charge in [0.25, 0.3) is 0 Å². The van der Waals surface area contributed by atoms with Crippen LogP contribution in [0.1, 0.15) is 37.3 Å². The molecule has 0 aliphatic rings. The van der Waals surface area contributed by atoms with Crippen molar-refractivity contribution in [2.45, 2.75) is 40.0 Å². The van der Waals surface area contributed by atoms with Crippen LogP contribution in [-0.2, 0) is 0 Å². The van der Waals surface area contributed by atoms with Crippen molar-refractivity contribution < 1.29 is 4.74 Å². The maximum Gasteiger partial charge on any atom is 0.122 e. The van der Waals surface area contributed by atoms with Crippen LogP contribution in [0.3, 0.4) is 0 Å². The zero-order valence-electron chi connectivity index (χ0n) is 11.4.